The third kappa shape index (κ3) is 2.32. The molecule has 0 unspecified atom stereocenters. The van der Waals surface area contributed by atoms with E-state index in [1.165, 1.54) is 12.1 Å². The topological polar surface area (TPSA) is 72.9 Å². The van der Waals surface area contributed by atoms with Crippen LogP contribution in [0.1, 0.15) is 16.1 Å². The number of hydrogen-bond donors (Lipinski definition) is 2. The number of amides is 1. The number of aryl methyl sites for hydroxylation is 2. The Hall–Kier alpha value is -2.37. The minimum absolute atomic E-state index is 0.103. The fraction of sp³-hybridized carbons (Fsp3) is 0.167. The van der Waals surface area contributed by atoms with Crippen molar-refractivity contribution in [2.24, 2.45) is 7.05 Å². The second kappa shape index (κ2) is 4.48. The lowest BCUT2D eigenvalue weighted by Gasteiger charge is -2.07. The van der Waals surface area contributed by atoms with Crippen LogP contribution in [-0.4, -0.2) is 15.7 Å². The summed E-state index contributed by atoms with van der Waals surface area (Å²) in [5.41, 5.74) is 6.72. The van der Waals surface area contributed by atoms with E-state index in [2.05, 4.69) is 10.4 Å². The highest BCUT2D eigenvalue weighted by Gasteiger charge is 2.12. The lowest BCUT2D eigenvalue weighted by molar-refractivity contribution is 0.102. The lowest BCUT2D eigenvalue weighted by atomic mass is 10.1. The summed E-state index contributed by atoms with van der Waals surface area (Å²) in [4.78, 5) is 12.0. The highest BCUT2D eigenvalue weighted by Crippen LogP contribution is 2.16. The molecule has 1 aromatic heterocycles. The summed E-state index contributed by atoms with van der Waals surface area (Å²) in [5.74, 6) is -0.308. The first-order valence-electron chi connectivity index (χ1n) is 5.34. The molecule has 0 bridgehead atoms. The first-order valence-corrected chi connectivity index (χ1v) is 5.34. The van der Waals surface area contributed by atoms with E-state index < -0.39 is 11.7 Å². The second-order valence-electron chi connectivity index (χ2n) is 3.98. The van der Waals surface area contributed by atoms with Gasteiger partial charge in [-0.15, -0.1) is 0 Å². The highest BCUT2D eigenvalue weighted by molar-refractivity contribution is 6.07. The van der Waals surface area contributed by atoms with Gasteiger partial charge in [-0.05, 0) is 25.1 Å². The first-order chi connectivity index (χ1) is 8.47. The Labute approximate surface area is 103 Å². The largest absolute Gasteiger partial charge is 0.398 e. The molecule has 94 valence electrons. The Bertz CT molecular complexity index is 606. The Kier molecular flexibility index (Phi) is 3.01. The molecular formula is C12H13FN4O. The van der Waals surface area contributed by atoms with Gasteiger partial charge in [0.15, 0.2) is 0 Å². The number of nitrogens with one attached hydrogen (secondary N) is 1. The predicted molar refractivity (Wildman–Crippen MR) is 66.7 cm³/mol. The van der Waals surface area contributed by atoms with Crippen LogP contribution in [0.15, 0.2) is 24.3 Å². The zero-order valence-corrected chi connectivity index (χ0v) is 10.1. The van der Waals surface area contributed by atoms with Crippen molar-refractivity contribution >= 4 is 17.4 Å². The number of aromatic nitrogens is 2. The molecule has 6 heteroatoms. The van der Waals surface area contributed by atoms with Gasteiger partial charge in [-0.1, -0.05) is 0 Å². The number of benzene rings is 1. The number of anilines is 2. The van der Waals surface area contributed by atoms with Crippen LogP contribution in [0.3, 0.4) is 0 Å². The molecule has 0 spiro atoms. The van der Waals surface area contributed by atoms with Crippen LogP contribution in [-0.2, 0) is 7.05 Å². The number of rotatable bonds is 2. The van der Waals surface area contributed by atoms with E-state index in [1.54, 1.807) is 17.8 Å². The molecule has 18 heavy (non-hydrogen) atoms. The summed E-state index contributed by atoms with van der Waals surface area (Å²) in [7, 11) is 1.72. The molecule has 0 radical (unpaired) electrons. The number of hydrogen-bond acceptors (Lipinski definition) is 3. The van der Waals surface area contributed by atoms with Gasteiger partial charge in [-0.2, -0.15) is 5.10 Å². The predicted octanol–water partition coefficient (Wildman–Crippen LogP) is 1.70. The summed E-state index contributed by atoms with van der Waals surface area (Å²) >= 11 is 0. The van der Waals surface area contributed by atoms with Gasteiger partial charge in [-0.3, -0.25) is 9.48 Å². The van der Waals surface area contributed by atoms with Crippen molar-refractivity contribution in [1.29, 1.82) is 0 Å². The Morgan fingerprint density at radius 2 is 2.17 bits per heavy atom. The number of halogens is 1. The molecule has 1 heterocycles. The van der Waals surface area contributed by atoms with Crippen molar-refractivity contribution in [2.45, 2.75) is 6.92 Å². The zero-order valence-electron chi connectivity index (χ0n) is 10.1. The van der Waals surface area contributed by atoms with Crippen molar-refractivity contribution in [1.82, 2.24) is 9.78 Å². The second-order valence-corrected chi connectivity index (χ2v) is 3.98. The van der Waals surface area contributed by atoms with E-state index >= 15 is 0 Å². The maximum atomic E-state index is 12.9. The van der Waals surface area contributed by atoms with Gasteiger partial charge in [0.1, 0.15) is 11.6 Å². The van der Waals surface area contributed by atoms with Crippen molar-refractivity contribution in [3.8, 4) is 0 Å². The standard InChI is InChI=1S/C12H13FN4O/c1-7-5-11(17(2)16-7)15-12(18)9-4-3-8(13)6-10(9)14/h3-6H,14H2,1-2H3,(H,15,18). The number of nitrogens with two attached hydrogens (primary N) is 1. The molecule has 0 saturated heterocycles. The van der Waals surface area contributed by atoms with Crippen molar-refractivity contribution in [3.05, 3.63) is 41.3 Å². The summed E-state index contributed by atoms with van der Waals surface area (Å²) in [5, 5.41) is 6.77. The van der Waals surface area contributed by atoms with Crippen LogP contribution in [0.4, 0.5) is 15.9 Å². The molecule has 0 aliphatic carbocycles. The minimum atomic E-state index is -0.472. The zero-order chi connectivity index (χ0) is 13.3. The van der Waals surface area contributed by atoms with Gasteiger partial charge in [0.2, 0.25) is 0 Å². The summed E-state index contributed by atoms with van der Waals surface area (Å²) in [6, 6.07) is 5.39. The molecular weight excluding hydrogens is 235 g/mol. The fourth-order valence-corrected chi connectivity index (χ4v) is 1.65. The van der Waals surface area contributed by atoms with Crippen LogP contribution in [0.5, 0.6) is 0 Å². The van der Waals surface area contributed by atoms with E-state index in [0.717, 1.165) is 11.8 Å². The van der Waals surface area contributed by atoms with Crippen LogP contribution < -0.4 is 11.1 Å². The van der Waals surface area contributed by atoms with Gasteiger partial charge >= 0.3 is 0 Å². The fourth-order valence-electron chi connectivity index (χ4n) is 1.65. The van der Waals surface area contributed by atoms with Gasteiger partial charge in [0.25, 0.3) is 5.91 Å². The third-order valence-electron chi connectivity index (χ3n) is 2.50. The molecule has 1 aromatic carbocycles. The lowest BCUT2D eigenvalue weighted by Crippen LogP contribution is -2.16. The highest BCUT2D eigenvalue weighted by atomic mass is 19.1. The number of carbonyl (C=O) groups excluding carboxylic acids is 1. The van der Waals surface area contributed by atoms with E-state index in [0.29, 0.717) is 5.82 Å². The third-order valence-corrected chi connectivity index (χ3v) is 2.50. The molecule has 2 aromatic rings. The van der Waals surface area contributed by atoms with Crippen molar-refractivity contribution < 1.29 is 9.18 Å². The Morgan fingerprint density at radius 1 is 1.44 bits per heavy atom. The molecule has 0 fully saturated rings. The summed E-state index contributed by atoms with van der Waals surface area (Å²) in [6.45, 7) is 1.82. The SMILES string of the molecule is Cc1cc(NC(=O)c2ccc(F)cc2N)n(C)n1. The molecule has 3 N–H and O–H groups in total. The summed E-state index contributed by atoms with van der Waals surface area (Å²) < 4.78 is 14.4. The minimum Gasteiger partial charge on any atom is -0.398 e. The van der Waals surface area contributed by atoms with E-state index in [-0.39, 0.29) is 11.3 Å². The maximum Gasteiger partial charge on any atom is 0.258 e. The van der Waals surface area contributed by atoms with Gasteiger partial charge in [0.05, 0.1) is 11.3 Å². The van der Waals surface area contributed by atoms with Crippen LogP contribution in [0.2, 0.25) is 0 Å². The Balaban J connectivity index is 2.24. The van der Waals surface area contributed by atoms with E-state index in [4.69, 9.17) is 5.73 Å². The normalized spacial score (nSPS) is 10.4. The van der Waals surface area contributed by atoms with E-state index in [1.807, 2.05) is 6.92 Å². The monoisotopic (exact) mass is 248 g/mol. The van der Waals surface area contributed by atoms with E-state index in [9.17, 15) is 9.18 Å². The first kappa shape index (κ1) is 12.1. The summed E-state index contributed by atoms with van der Waals surface area (Å²) in [6.07, 6.45) is 0. The molecule has 1 amide bonds. The maximum absolute atomic E-state index is 12.9. The molecule has 0 saturated carbocycles. The molecule has 2 rings (SSSR count). The molecule has 5 nitrogen and oxygen atoms in total. The van der Waals surface area contributed by atoms with Crippen LogP contribution in [0.25, 0.3) is 0 Å². The average molecular weight is 248 g/mol. The number of carbonyl (C=O) groups is 1. The quantitative estimate of drug-likeness (QED) is 0.794. The van der Waals surface area contributed by atoms with Gasteiger partial charge < -0.3 is 11.1 Å². The van der Waals surface area contributed by atoms with Crippen LogP contribution in [0, 0.1) is 12.7 Å². The van der Waals surface area contributed by atoms with Gasteiger partial charge in [0, 0.05) is 18.8 Å². The van der Waals surface area contributed by atoms with Crippen molar-refractivity contribution in [2.75, 3.05) is 11.1 Å². The molecule has 0 aliphatic rings. The molecule has 0 atom stereocenters. The van der Waals surface area contributed by atoms with Crippen molar-refractivity contribution in [3.63, 3.8) is 0 Å². The number of nitrogen functional groups attached to an aromatic ring is 1. The Morgan fingerprint density at radius 3 is 2.72 bits per heavy atom. The smallest absolute Gasteiger partial charge is 0.258 e. The molecule has 0 aliphatic heterocycles. The van der Waals surface area contributed by atoms with Gasteiger partial charge in [-0.25, -0.2) is 4.39 Å². The number of nitrogens with zero attached hydrogens (tertiary/aromatic N) is 2. The van der Waals surface area contributed by atoms with Crippen LogP contribution >= 0.6 is 0 Å². The average Bonchev–Trinajstić information content (AvgIpc) is 2.57.